The first kappa shape index (κ1) is 17.9. The second-order valence-electron chi connectivity index (χ2n) is 8.15. The van der Waals surface area contributed by atoms with Gasteiger partial charge in [-0.2, -0.15) is 0 Å². The molecule has 0 saturated heterocycles. The Hall–Kier alpha value is -3.91. The fourth-order valence-corrected chi connectivity index (χ4v) is 4.75. The molecule has 0 aliphatic heterocycles. The van der Waals surface area contributed by atoms with Gasteiger partial charge in [0.1, 0.15) is 6.61 Å². The highest BCUT2D eigenvalue weighted by Crippen LogP contribution is 2.40. The van der Waals surface area contributed by atoms with E-state index in [0.717, 1.165) is 16.5 Å². The highest BCUT2D eigenvalue weighted by molar-refractivity contribution is 6.33. The van der Waals surface area contributed by atoms with E-state index in [4.69, 9.17) is 4.74 Å². The van der Waals surface area contributed by atoms with Crippen molar-refractivity contribution in [2.75, 3.05) is 0 Å². The van der Waals surface area contributed by atoms with Gasteiger partial charge in [0, 0.05) is 0 Å². The Bertz CT molecular complexity index is 1540. The normalized spacial score (nSPS) is 11.6. The van der Waals surface area contributed by atoms with Crippen molar-refractivity contribution in [2.45, 2.75) is 13.5 Å². The molecule has 0 atom stereocenters. The smallest absolute Gasteiger partial charge is 0.338 e. The van der Waals surface area contributed by atoms with E-state index < -0.39 is 0 Å². The maximum absolute atomic E-state index is 12.5. The monoisotopic (exact) mass is 400 g/mol. The third kappa shape index (κ3) is 2.76. The molecule has 148 valence electrons. The topological polar surface area (TPSA) is 26.3 Å². The Morgan fingerprint density at radius 3 is 1.94 bits per heavy atom. The summed E-state index contributed by atoms with van der Waals surface area (Å²) in [5.74, 6) is -0.296. The second kappa shape index (κ2) is 6.82. The van der Waals surface area contributed by atoms with Gasteiger partial charge in [-0.3, -0.25) is 0 Å². The van der Waals surface area contributed by atoms with Gasteiger partial charge in [0.2, 0.25) is 0 Å². The van der Waals surface area contributed by atoms with Crippen LogP contribution in [0.5, 0.6) is 0 Å². The van der Waals surface area contributed by atoms with Gasteiger partial charge in [0.25, 0.3) is 0 Å². The minimum atomic E-state index is -0.296. The fourth-order valence-electron chi connectivity index (χ4n) is 4.75. The van der Waals surface area contributed by atoms with Crippen molar-refractivity contribution in [3.05, 3.63) is 108 Å². The van der Waals surface area contributed by atoms with Gasteiger partial charge in [0.15, 0.2) is 0 Å². The van der Waals surface area contributed by atoms with E-state index in [-0.39, 0.29) is 12.6 Å². The van der Waals surface area contributed by atoms with Crippen molar-refractivity contribution in [1.29, 1.82) is 0 Å². The van der Waals surface area contributed by atoms with Crippen LogP contribution in [0.4, 0.5) is 0 Å². The van der Waals surface area contributed by atoms with Crippen LogP contribution in [0.1, 0.15) is 21.5 Å². The molecule has 0 spiro atoms. The zero-order valence-electron chi connectivity index (χ0n) is 17.2. The number of hydrogen-bond acceptors (Lipinski definition) is 2. The first-order chi connectivity index (χ1) is 15.2. The van der Waals surface area contributed by atoms with Crippen LogP contribution in [0.25, 0.3) is 43.1 Å². The number of rotatable bonds is 3. The number of esters is 1. The van der Waals surface area contributed by atoms with E-state index in [0.29, 0.717) is 5.56 Å². The fraction of sp³-hybridized carbons (Fsp3) is 0.0690. The average Bonchev–Trinajstić information content (AvgIpc) is 2.81. The summed E-state index contributed by atoms with van der Waals surface area (Å²) in [6, 6.07) is 31.2. The van der Waals surface area contributed by atoms with Crippen molar-refractivity contribution >= 4 is 49.1 Å². The molecule has 0 fully saturated rings. The predicted molar refractivity (Wildman–Crippen MR) is 128 cm³/mol. The lowest BCUT2D eigenvalue weighted by atomic mass is 9.88. The molecule has 6 rings (SSSR count). The highest BCUT2D eigenvalue weighted by atomic mass is 16.5. The minimum absolute atomic E-state index is 0.249. The molecule has 0 amide bonds. The Kier molecular flexibility index (Phi) is 3.94. The van der Waals surface area contributed by atoms with Crippen molar-refractivity contribution in [2.24, 2.45) is 0 Å². The number of benzene rings is 6. The number of carbonyl (C=O) groups is 1. The van der Waals surface area contributed by atoms with Crippen molar-refractivity contribution in [1.82, 2.24) is 0 Å². The van der Waals surface area contributed by atoms with E-state index in [1.165, 1.54) is 37.7 Å². The number of aryl methyl sites for hydroxylation is 1. The van der Waals surface area contributed by atoms with E-state index in [1.807, 2.05) is 31.2 Å². The molecule has 0 bridgehead atoms. The summed E-state index contributed by atoms with van der Waals surface area (Å²) in [5.41, 5.74) is 2.72. The lowest BCUT2D eigenvalue weighted by Crippen LogP contribution is -2.05. The summed E-state index contributed by atoms with van der Waals surface area (Å²) in [5, 5.41) is 9.94. The molecular weight excluding hydrogens is 380 g/mol. The van der Waals surface area contributed by atoms with Gasteiger partial charge in [0.05, 0.1) is 5.56 Å². The number of carbonyl (C=O) groups excluding carboxylic acids is 1. The van der Waals surface area contributed by atoms with Gasteiger partial charge in [-0.25, -0.2) is 4.79 Å². The second-order valence-corrected chi connectivity index (χ2v) is 8.15. The average molecular weight is 400 g/mol. The molecule has 0 saturated carbocycles. The van der Waals surface area contributed by atoms with Gasteiger partial charge >= 0.3 is 5.97 Å². The van der Waals surface area contributed by atoms with Crippen LogP contribution in [-0.2, 0) is 11.3 Å². The van der Waals surface area contributed by atoms with Crippen LogP contribution in [-0.4, -0.2) is 5.97 Å². The van der Waals surface area contributed by atoms with E-state index in [1.54, 1.807) is 0 Å². The summed E-state index contributed by atoms with van der Waals surface area (Å²) >= 11 is 0. The predicted octanol–water partition coefficient (Wildman–Crippen LogP) is 7.40. The molecule has 0 aliphatic carbocycles. The molecule has 2 heteroatoms. The molecular formula is C29H20O2. The highest BCUT2D eigenvalue weighted by Gasteiger charge is 2.15. The first-order valence-corrected chi connectivity index (χ1v) is 10.5. The Morgan fingerprint density at radius 1 is 0.645 bits per heavy atom. The summed E-state index contributed by atoms with van der Waals surface area (Å²) in [6.45, 7) is 2.25. The molecule has 6 aromatic rings. The van der Waals surface area contributed by atoms with E-state index >= 15 is 0 Å². The molecule has 0 N–H and O–H groups in total. The van der Waals surface area contributed by atoms with E-state index in [9.17, 15) is 4.79 Å². The SMILES string of the molecule is Cc1ccc(C(=O)OCc2ccc3c4cccc5cccc(c6cccc2c63)c54)cc1. The quantitative estimate of drug-likeness (QED) is 0.176. The van der Waals surface area contributed by atoms with Crippen LogP contribution < -0.4 is 0 Å². The van der Waals surface area contributed by atoms with Gasteiger partial charge in [-0.1, -0.05) is 84.4 Å². The van der Waals surface area contributed by atoms with Crippen LogP contribution in [0.3, 0.4) is 0 Å². The van der Waals surface area contributed by atoms with Crippen molar-refractivity contribution in [3.63, 3.8) is 0 Å². The molecule has 0 radical (unpaired) electrons. The van der Waals surface area contributed by atoms with Crippen molar-refractivity contribution < 1.29 is 9.53 Å². The molecule has 0 aromatic heterocycles. The maximum Gasteiger partial charge on any atom is 0.338 e. The molecule has 0 unspecified atom stereocenters. The van der Waals surface area contributed by atoms with Crippen LogP contribution in [0.2, 0.25) is 0 Å². The molecule has 31 heavy (non-hydrogen) atoms. The van der Waals surface area contributed by atoms with E-state index in [2.05, 4.69) is 66.7 Å². The molecule has 0 aliphatic rings. The van der Waals surface area contributed by atoms with Gasteiger partial charge < -0.3 is 4.74 Å². The maximum atomic E-state index is 12.5. The zero-order chi connectivity index (χ0) is 20.9. The zero-order valence-corrected chi connectivity index (χ0v) is 17.2. The summed E-state index contributed by atoms with van der Waals surface area (Å²) in [4.78, 5) is 12.5. The Balaban J connectivity index is 1.50. The minimum Gasteiger partial charge on any atom is -0.457 e. The van der Waals surface area contributed by atoms with Crippen LogP contribution in [0, 0.1) is 6.92 Å². The lowest BCUT2D eigenvalue weighted by molar-refractivity contribution is 0.0474. The number of hydrogen-bond donors (Lipinski definition) is 0. The number of ether oxygens (including phenoxy) is 1. The molecule has 2 nitrogen and oxygen atoms in total. The molecule has 6 aromatic carbocycles. The first-order valence-electron chi connectivity index (χ1n) is 10.5. The largest absolute Gasteiger partial charge is 0.457 e. The van der Waals surface area contributed by atoms with Crippen LogP contribution >= 0.6 is 0 Å². The Morgan fingerprint density at radius 2 is 1.23 bits per heavy atom. The van der Waals surface area contributed by atoms with Gasteiger partial charge in [-0.15, -0.1) is 0 Å². The summed E-state index contributed by atoms with van der Waals surface area (Å²) in [6.07, 6.45) is 0. The van der Waals surface area contributed by atoms with Gasteiger partial charge in [-0.05, 0) is 67.7 Å². The number of fused-ring (bicyclic) bond motifs is 2. The third-order valence-corrected chi connectivity index (χ3v) is 6.26. The third-order valence-electron chi connectivity index (χ3n) is 6.26. The lowest BCUT2D eigenvalue weighted by Gasteiger charge is -2.16. The van der Waals surface area contributed by atoms with Crippen LogP contribution in [0.15, 0.2) is 91.0 Å². The summed E-state index contributed by atoms with van der Waals surface area (Å²) in [7, 11) is 0. The summed E-state index contributed by atoms with van der Waals surface area (Å²) < 4.78 is 5.68. The Labute approximate surface area is 180 Å². The van der Waals surface area contributed by atoms with Crippen molar-refractivity contribution in [3.8, 4) is 0 Å². The standard InChI is InChI=1S/C29H20O2/c1-18-11-13-20(14-12-18)29(30)31-17-21-15-16-26-24-9-3-6-19-5-2-8-23(27(19)24)25-10-4-7-22(21)28(25)26/h2-16H,17H2,1H3. The molecule has 0 heterocycles.